The second kappa shape index (κ2) is 14.5. The van der Waals surface area contributed by atoms with Crippen molar-refractivity contribution in [3.63, 3.8) is 0 Å². The molecule has 2 rings (SSSR count). The van der Waals surface area contributed by atoms with Crippen molar-refractivity contribution in [3.05, 3.63) is 23.4 Å². The monoisotopic (exact) mass is 321 g/mol. The first-order chi connectivity index (χ1) is 11.3. The van der Waals surface area contributed by atoms with Gasteiger partial charge in [-0.2, -0.15) is 0 Å². The fraction of sp³-hybridized carbons (Fsp3) is 0.750. The number of aromatic nitrogens is 1. The first kappa shape index (κ1) is 21.9. The first-order valence-corrected chi connectivity index (χ1v) is 9.79. The van der Waals surface area contributed by atoms with Gasteiger partial charge in [-0.05, 0) is 56.8 Å². The van der Waals surface area contributed by atoms with Gasteiger partial charge in [-0.3, -0.25) is 0 Å². The lowest BCUT2D eigenvalue weighted by atomic mass is 10.1. The van der Waals surface area contributed by atoms with Crippen LogP contribution in [-0.4, -0.2) is 31.2 Å². The van der Waals surface area contributed by atoms with E-state index in [1.165, 1.54) is 49.4 Å². The van der Waals surface area contributed by atoms with Gasteiger partial charge in [-0.25, -0.2) is 4.98 Å². The van der Waals surface area contributed by atoms with Gasteiger partial charge in [0.25, 0.3) is 0 Å². The van der Waals surface area contributed by atoms with Gasteiger partial charge in [0.15, 0.2) is 0 Å². The highest BCUT2D eigenvalue weighted by Gasteiger charge is 2.13. The van der Waals surface area contributed by atoms with E-state index in [2.05, 4.69) is 36.2 Å². The zero-order valence-corrected chi connectivity index (χ0v) is 16.4. The van der Waals surface area contributed by atoms with Crippen molar-refractivity contribution in [1.29, 1.82) is 0 Å². The second-order valence-electron chi connectivity index (χ2n) is 5.28. The van der Waals surface area contributed by atoms with Gasteiger partial charge >= 0.3 is 0 Å². The number of nitrogens with one attached hydrogen (secondary N) is 1. The molecular formula is C20H39N3. The molecule has 1 aromatic rings. The average Bonchev–Trinajstić information content (AvgIpc) is 2.66. The topological polar surface area (TPSA) is 28.2 Å². The van der Waals surface area contributed by atoms with Crippen molar-refractivity contribution < 1.29 is 0 Å². The van der Waals surface area contributed by atoms with Crippen molar-refractivity contribution in [2.45, 2.75) is 73.6 Å². The van der Waals surface area contributed by atoms with Crippen LogP contribution in [0.25, 0.3) is 0 Å². The van der Waals surface area contributed by atoms with Gasteiger partial charge in [0, 0.05) is 18.8 Å². The van der Waals surface area contributed by atoms with Crippen LogP contribution in [0.3, 0.4) is 0 Å². The second-order valence-corrected chi connectivity index (χ2v) is 5.28. The summed E-state index contributed by atoms with van der Waals surface area (Å²) in [6.07, 6.45) is 6.11. The summed E-state index contributed by atoms with van der Waals surface area (Å²) in [4.78, 5) is 7.33. The third-order valence-electron chi connectivity index (χ3n) is 3.89. The maximum Gasteiger partial charge on any atom is 0.128 e. The van der Waals surface area contributed by atoms with E-state index in [4.69, 9.17) is 4.98 Å². The Morgan fingerprint density at radius 3 is 2.22 bits per heavy atom. The summed E-state index contributed by atoms with van der Waals surface area (Å²) in [5.41, 5.74) is 2.69. The molecular weight excluding hydrogens is 282 g/mol. The first-order valence-electron chi connectivity index (χ1n) is 9.79. The minimum absolute atomic E-state index is 1.03. The molecule has 1 fully saturated rings. The highest BCUT2D eigenvalue weighted by molar-refractivity contribution is 5.42. The summed E-state index contributed by atoms with van der Waals surface area (Å²) in [7, 11) is 0. The van der Waals surface area contributed by atoms with Gasteiger partial charge in [-0.1, -0.05) is 47.6 Å². The molecule has 0 saturated carbocycles. The number of anilines is 1. The Morgan fingerprint density at radius 1 is 1.00 bits per heavy atom. The molecule has 0 atom stereocenters. The van der Waals surface area contributed by atoms with E-state index < -0.39 is 0 Å². The standard InChI is InChI=1S/C16H27N3.2C2H6/c1-3-15-14(10-11-17-4-2)8-9-16(18-15)19-12-6-5-7-13-19;2*1-2/h8-9,17H,3-7,10-13H2,1-2H3;2*1-2H3. The molecule has 2 heterocycles. The summed E-state index contributed by atoms with van der Waals surface area (Å²) in [6.45, 7) is 16.8. The predicted molar refractivity (Wildman–Crippen MR) is 105 cm³/mol. The molecule has 23 heavy (non-hydrogen) atoms. The Kier molecular flexibility index (Phi) is 13.8. The third-order valence-corrected chi connectivity index (χ3v) is 3.89. The molecule has 0 amide bonds. The van der Waals surface area contributed by atoms with Crippen molar-refractivity contribution in [2.75, 3.05) is 31.1 Å². The van der Waals surface area contributed by atoms with E-state index in [9.17, 15) is 0 Å². The van der Waals surface area contributed by atoms with E-state index in [0.29, 0.717) is 0 Å². The molecule has 0 radical (unpaired) electrons. The van der Waals surface area contributed by atoms with E-state index in [0.717, 1.165) is 25.9 Å². The fourth-order valence-corrected chi connectivity index (χ4v) is 2.75. The number of hydrogen-bond donors (Lipinski definition) is 1. The summed E-state index contributed by atoms with van der Waals surface area (Å²) in [5, 5.41) is 3.39. The lowest BCUT2D eigenvalue weighted by Crippen LogP contribution is -2.30. The van der Waals surface area contributed by atoms with Crippen molar-refractivity contribution in [1.82, 2.24) is 10.3 Å². The van der Waals surface area contributed by atoms with E-state index in [-0.39, 0.29) is 0 Å². The molecule has 0 aliphatic carbocycles. The van der Waals surface area contributed by atoms with Crippen molar-refractivity contribution >= 4 is 5.82 Å². The molecule has 1 N–H and O–H groups in total. The zero-order valence-electron chi connectivity index (χ0n) is 16.4. The molecule has 0 spiro atoms. The Labute approximate surface area is 144 Å². The smallest absolute Gasteiger partial charge is 0.128 e. The average molecular weight is 322 g/mol. The molecule has 1 aromatic heterocycles. The van der Waals surface area contributed by atoms with Crippen LogP contribution in [0, 0.1) is 0 Å². The van der Waals surface area contributed by atoms with Crippen LogP contribution in [0.4, 0.5) is 5.82 Å². The van der Waals surface area contributed by atoms with Crippen LogP contribution in [-0.2, 0) is 12.8 Å². The number of rotatable bonds is 6. The van der Waals surface area contributed by atoms with Gasteiger partial charge in [0.1, 0.15) is 5.82 Å². The fourth-order valence-electron chi connectivity index (χ4n) is 2.75. The number of pyridine rings is 1. The molecule has 0 bridgehead atoms. The number of aryl methyl sites for hydroxylation is 1. The molecule has 0 unspecified atom stereocenters. The number of hydrogen-bond acceptors (Lipinski definition) is 3. The highest BCUT2D eigenvalue weighted by Crippen LogP contribution is 2.20. The zero-order chi connectivity index (χ0) is 17.5. The molecule has 0 aromatic carbocycles. The quantitative estimate of drug-likeness (QED) is 0.760. The summed E-state index contributed by atoms with van der Waals surface area (Å²) in [6, 6.07) is 4.50. The van der Waals surface area contributed by atoms with E-state index in [1.54, 1.807) is 0 Å². The van der Waals surface area contributed by atoms with Gasteiger partial charge in [0.05, 0.1) is 0 Å². The maximum atomic E-state index is 4.89. The van der Waals surface area contributed by atoms with Crippen LogP contribution >= 0.6 is 0 Å². The van der Waals surface area contributed by atoms with E-state index >= 15 is 0 Å². The molecule has 3 nitrogen and oxygen atoms in total. The van der Waals surface area contributed by atoms with Crippen molar-refractivity contribution in [2.24, 2.45) is 0 Å². The normalized spacial score (nSPS) is 13.6. The van der Waals surface area contributed by atoms with E-state index in [1.807, 2.05) is 27.7 Å². The largest absolute Gasteiger partial charge is 0.357 e. The third kappa shape index (κ3) is 7.83. The Bertz CT molecular complexity index is 384. The van der Waals surface area contributed by atoms with Gasteiger partial charge in [-0.15, -0.1) is 0 Å². The lowest BCUT2D eigenvalue weighted by molar-refractivity contribution is 0.572. The van der Waals surface area contributed by atoms with Crippen LogP contribution in [0.2, 0.25) is 0 Å². The molecule has 1 aliphatic heterocycles. The predicted octanol–water partition coefficient (Wildman–Crippen LogP) is 4.84. The Hall–Kier alpha value is -1.09. The summed E-state index contributed by atoms with van der Waals surface area (Å²) >= 11 is 0. The molecule has 1 aliphatic rings. The Morgan fingerprint density at radius 2 is 1.65 bits per heavy atom. The maximum absolute atomic E-state index is 4.89. The number of likely N-dealkylation sites (N-methyl/N-ethyl adjacent to an activating group) is 1. The van der Waals surface area contributed by atoms with Gasteiger partial charge in [0.2, 0.25) is 0 Å². The lowest BCUT2D eigenvalue weighted by Gasteiger charge is -2.28. The number of nitrogens with zero attached hydrogens (tertiary/aromatic N) is 2. The van der Waals surface area contributed by atoms with Gasteiger partial charge < -0.3 is 10.2 Å². The summed E-state index contributed by atoms with van der Waals surface area (Å²) in [5.74, 6) is 1.18. The van der Waals surface area contributed by atoms with Crippen molar-refractivity contribution in [3.8, 4) is 0 Å². The van der Waals surface area contributed by atoms with Crippen LogP contribution < -0.4 is 10.2 Å². The highest BCUT2D eigenvalue weighted by atomic mass is 15.2. The molecule has 3 heteroatoms. The van der Waals surface area contributed by atoms with Crippen LogP contribution in [0.15, 0.2) is 12.1 Å². The summed E-state index contributed by atoms with van der Waals surface area (Å²) < 4.78 is 0. The Balaban J connectivity index is 0.00000112. The SMILES string of the molecule is CC.CC.CCNCCc1ccc(N2CCCCC2)nc1CC. The molecule has 134 valence electrons. The molecule has 1 saturated heterocycles. The van der Waals surface area contributed by atoms with Crippen LogP contribution in [0.1, 0.15) is 72.1 Å². The van der Waals surface area contributed by atoms with Crippen LogP contribution in [0.5, 0.6) is 0 Å². The minimum atomic E-state index is 1.03. The minimum Gasteiger partial charge on any atom is -0.357 e. The number of piperidine rings is 1.